The van der Waals surface area contributed by atoms with Crippen LogP contribution >= 0.6 is 50.7 Å². The van der Waals surface area contributed by atoms with Crippen molar-refractivity contribution in [3.05, 3.63) is 85.3 Å². The maximum absolute atomic E-state index is 12.1. The Labute approximate surface area is 225 Å². The largest absolute Gasteiger partial charge is 0.490 e. The minimum atomic E-state index is -0.968. The van der Waals surface area contributed by atoms with Gasteiger partial charge in [-0.25, -0.2) is 5.43 Å². The molecule has 0 saturated carbocycles. The maximum Gasteiger partial charge on any atom is 0.329 e. The van der Waals surface area contributed by atoms with E-state index >= 15 is 0 Å². The van der Waals surface area contributed by atoms with E-state index in [9.17, 15) is 9.59 Å². The lowest BCUT2D eigenvalue weighted by Crippen LogP contribution is -2.32. The number of anilines is 1. The summed E-state index contributed by atoms with van der Waals surface area (Å²) in [5.74, 6) is -0.895. The standard InChI is InChI=1S/C24H19BrCl3N3O4/c1-2-34-21-8-15(7-20(25)22(21)35-13-14-3-5-16(26)6-4-14)12-29-31-24(33)23(32)30-19-10-17(27)9-18(28)11-19/h3-12H,2,13H2,1H3,(H,30,32)(H,31,33)/b29-12+. The van der Waals surface area contributed by atoms with Gasteiger partial charge in [0.2, 0.25) is 0 Å². The summed E-state index contributed by atoms with van der Waals surface area (Å²) >= 11 is 21.2. The fourth-order valence-corrected chi connectivity index (χ4v) is 4.06. The number of halogens is 4. The minimum Gasteiger partial charge on any atom is -0.490 e. The second kappa shape index (κ2) is 12.8. The fourth-order valence-electron chi connectivity index (χ4n) is 2.83. The number of hydrogen-bond donors (Lipinski definition) is 2. The van der Waals surface area contributed by atoms with E-state index < -0.39 is 11.8 Å². The van der Waals surface area contributed by atoms with Crippen LogP contribution in [0.3, 0.4) is 0 Å². The molecule has 3 aromatic rings. The number of carbonyl (C=O) groups excluding carboxylic acids is 2. The van der Waals surface area contributed by atoms with Gasteiger partial charge in [-0.15, -0.1) is 0 Å². The third kappa shape index (κ3) is 8.14. The second-order valence-electron chi connectivity index (χ2n) is 6.99. The third-order valence-corrected chi connectivity index (χ3v) is 5.61. The van der Waals surface area contributed by atoms with Crippen molar-refractivity contribution in [1.82, 2.24) is 5.43 Å². The van der Waals surface area contributed by atoms with Gasteiger partial charge in [0, 0.05) is 20.8 Å². The van der Waals surface area contributed by atoms with E-state index in [1.54, 1.807) is 24.3 Å². The van der Waals surface area contributed by atoms with Gasteiger partial charge in [0.15, 0.2) is 11.5 Å². The molecule has 3 aromatic carbocycles. The number of amides is 2. The normalized spacial score (nSPS) is 10.8. The number of hydrogen-bond acceptors (Lipinski definition) is 5. The van der Waals surface area contributed by atoms with Crippen molar-refractivity contribution in [3.8, 4) is 11.5 Å². The molecular weight excluding hydrogens is 581 g/mol. The molecule has 2 N–H and O–H groups in total. The fraction of sp³-hybridized carbons (Fsp3) is 0.125. The molecule has 182 valence electrons. The lowest BCUT2D eigenvalue weighted by molar-refractivity contribution is -0.136. The predicted molar refractivity (Wildman–Crippen MR) is 142 cm³/mol. The van der Waals surface area contributed by atoms with Crippen molar-refractivity contribution in [2.24, 2.45) is 5.10 Å². The molecule has 0 atom stereocenters. The van der Waals surface area contributed by atoms with Gasteiger partial charge in [0.1, 0.15) is 6.61 Å². The van der Waals surface area contributed by atoms with Crippen LogP contribution in [0.5, 0.6) is 11.5 Å². The first-order chi connectivity index (χ1) is 16.7. The van der Waals surface area contributed by atoms with Crippen molar-refractivity contribution in [2.45, 2.75) is 13.5 Å². The van der Waals surface area contributed by atoms with Crippen LogP contribution in [0.2, 0.25) is 15.1 Å². The molecule has 11 heteroatoms. The first kappa shape index (κ1) is 26.8. The summed E-state index contributed by atoms with van der Waals surface area (Å²) in [6.07, 6.45) is 1.37. The quantitative estimate of drug-likeness (QED) is 0.176. The summed E-state index contributed by atoms with van der Waals surface area (Å²) in [6, 6.07) is 15.2. The van der Waals surface area contributed by atoms with E-state index in [-0.39, 0.29) is 5.69 Å². The van der Waals surface area contributed by atoms with Gasteiger partial charge < -0.3 is 14.8 Å². The monoisotopic (exact) mass is 597 g/mol. The zero-order valence-corrected chi connectivity index (χ0v) is 22.1. The Morgan fingerprint density at radius 1 is 0.943 bits per heavy atom. The van der Waals surface area contributed by atoms with Crippen LogP contribution in [0.25, 0.3) is 0 Å². The number of ether oxygens (including phenoxy) is 2. The Morgan fingerprint density at radius 3 is 2.29 bits per heavy atom. The molecule has 0 saturated heterocycles. The molecule has 0 unspecified atom stereocenters. The molecule has 0 heterocycles. The summed E-state index contributed by atoms with van der Waals surface area (Å²) < 4.78 is 12.3. The van der Waals surface area contributed by atoms with Crippen molar-refractivity contribution < 1.29 is 19.1 Å². The second-order valence-corrected chi connectivity index (χ2v) is 9.15. The Hall–Kier alpha value is -2.78. The van der Waals surface area contributed by atoms with Gasteiger partial charge in [0.25, 0.3) is 0 Å². The van der Waals surface area contributed by atoms with E-state index in [0.717, 1.165) is 5.56 Å². The van der Waals surface area contributed by atoms with Gasteiger partial charge in [-0.1, -0.05) is 46.9 Å². The van der Waals surface area contributed by atoms with Gasteiger partial charge in [-0.3, -0.25) is 9.59 Å². The topological polar surface area (TPSA) is 89.0 Å². The molecule has 0 aromatic heterocycles. The van der Waals surface area contributed by atoms with Crippen LogP contribution in [0.1, 0.15) is 18.1 Å². The molecule has 0 spiro atoms. The number of nitrogens with one attached hydrogen (secondary N) is 2. The van der Waals surface area contributed by atoms with E-state index in [1.807, 2.05) is 19.1 Å². The predicted octanol–water partition coefficient (Wildman–Crippen LogP) is 6.48. The molecule has 3 rings (SSSR count). The Kier molecular flexibility index (Phi) is 9.80. The zero-order valence-electron chi connectivity index (χ0n) is 18.3. The Bertz CT molecular complexity index is 1230. The number of nitrogens with zero attached hydrogens (tertiary/aromatic N) is 1. The lowest BCUT2D eigenvalue weighted by atomic mass is 10.2. The number of benzene rings is 3. The molecule has 35 heavy (non-hydrogen) atoms. The molecule has 2 amide bonds. The van der Waals surface area contributed by atoms with Crippen LogP contribution in [0.4, 0.5) is 5.69 Å². The highest BCUT2D eigenvalue weighted by atomic mass is 79.9. The van der Waals surface area contributed by atoms with E-state index in [0.29, 0.717) is 49.8 Å². The van der Waals surface area contributed by atoms with Gasteiger partial charge in [-0.05, 0) is 76.4 Å². The smallest absolute Gasteiger partial charge is 0.329 e. The summed E-state index contributed by atoms with van der Waals surface area (Å²) in [7, 11) is 0. The van der Waals surface area contributed by atoms with Crippen LogP contribution in [-0.2, 0) is 16.2 Å². The molecule has 0 aliphatic rings. The van der Waals surface area contributed by atoms with Crippen LogP contribution in [0, 0.1) is 0 Å². The highest BCUT2D eigenvalue weighted by Crippen LogP contribution is 2.37. The van der Waals surface area contributed by atoms with E-state index in [1.165, 1.54) is 24.4 Å². The number of hydrazone groups is 1. The average molecular weight is 600 g/mol. The third-order valence-electron chi connectivity index (χ3n) is 4.33. The molecular formula is C24H19BrCl3N3O4. The molecule has 0 radical (unpaired) electrons. The van der Waals surface area contributed by atoms with Gasteiger partial charge in [-0.2, -0.15) is 5.10 Å². The van der Waals surface area contributed by atoms with Crippen molar-refractivity contribution in [3.63, 3.8) is 0 Å². The van der Waals surface area contributed by atoms with E-state index in [4.69, 9.17) is 44.3 Å². The van der Waals surface area contributed by atoms with Gasteiger partial charge >= 0.3 is 11.8 Å². The molecule has 7 nitrogen and oxygen atoms in total. The Morgan fingerprint density at radius 2 is 1.63 bits per heavy atom. The number of rotatable bonds is 8. The molecule has 0 bridgehead atoms. The van der Waals surface area contributed by atoms with Crippen LogP contribution < -0.4 is 20.2 Å². The molecule has 0 fully saturated rings. The highest BCUT2D eigenvalue weighted by Gasteiger charge is 2.15. The molecule has 0 aliphatic heterocycles. The molecule has 0 aliphatic carbocycles. The maximum atomic E-state index is 12.1. The average Bonchev–Trinajstić information content (AvgIpc) is 2.79. The summed E-state index contributed by atoms with van der Waals surface area (Å²) in [6.45, 7) is 2.57. The first-order valence-corrected chi connectivity index (χ1v) is 12.1. The summed E-state index contributed by atoms with van der Waals surface area (Å²) in [5, 5.41) is 7.53. The van der Waals surface area contributed by atoms with Crippen LogP contribution in [0.15, 0.2) is 64.2 Å². The minimum absolute atomic E-state index is 0.283. The number of carbonyl (C=O) groups is 2. The van der Waals surface area contributed by atoms with Crippen molar-refractivity contribution in [1.29, 1.82) is 0 Å². The van der Waals surface area contributed by atoms with Crippen molar-refractivity contribution in [2.75, 3.05) is 11.9 Å². The SMILES string of the molecule is CCOc1cc(/C=N/NC(=O)C(=O)Nc2cc(Cl)cc(Cl)c2)cc(Br)c1OCc1ccc(Cl)cc1. The summed E-state index contributed by atoms with van der Waals surface area (Å²) in [4.78, 5) is 24.2. The van der Waals surface area contributed by atoms with Crippen molar-refractivity contribution >= 4 is 74.4 Å². The van der Waals surface area contributed by atoms with Crippen LogP contribution in [-0.4, -0.2) is 24.6 Å². The lowest BCUT2D eigenvalue weighted by Gasteiger charge is -2.14. The van der Waals surface area contributed by atoms with Gasteiger partial charge in [0.05, 0.1) is 17.3 Å². The summed E-state index contributed by atoms with van der Waals surface area (Å²) in [5.41, 5.74) is 3.99. The highest BCUT2D eigenvalue weighted by molar-refractivity contribution is 9.10. The van der Waals surface area contributed by atoms with E-state index in [2.05, 4.69) is 31.8 Å². The zero-order chi connectivity index (χ0) is 25.4. The first-order valence-electron chi connectivity index (χ1n) is 10.2. The Balaban J connectivity index is 1.65.